The molecule has 23 heavy (non-hydrogen) atoms. The second kappa shape index (κ2) is 5.93. The Morgan fingerprint density at radius 1 is 0.913 bits per heavy atom. The lowest BCUT2D eigenvalue weighted by molar-refractivity contribution is 0.312. The lowest BCUT2D eigenvalue weighted by atomic mass is 10.1. The predicted octanol–water partition coefficient (Wildman–Crippen LogP) is 2.44. The molecule has 1 aliphatic heterocycles. The molecule has 0 amide bonds. The number of pyridine rings is 3. The Kier molecular flexibility index (Phi) is 3.63. The van der Waals surface area contributed by atoms with E-state index >= 15 is 0 Å². The van der Waals surface area contributed by atoms with Crippen molar-refractivity contribution in [3.8, 4) is 11.3 Å². The third-order valence-corrected chi connectivity index (χ3v) is 4.39. The topological polar surface area (TPSA) is 45.2 Å². The molecule has 1 fully saturated rings. The molecule has 1 saturated heterocycles. The van der Waals surface area contributed by atoms with E-state index in [4.69, 9.17) is 4.98 Å². The van der Waals surface area contributed by atoms with Crippen LogP contribution in [0.5, 0.6) is 0 Å². The van der Waals surface area contributed by atoms with Crippen LogP contribution >= 0.6 is 0 Å². The number of piperazine rings is 1. The smallest absolute Gasteiger partial charge is 0.137 e. The summed E-state index contributed by atoms with van der Waals surface area (Å²) < 4.78 is 0. The predicted molar refractivity (Wildman–Crippen MR) is 92.5 cm³/mol. The Morgan fingerprint density at radius 3 is 2.43 bits per heavy atom. The first-order valence-corrected chi connectivity index (χ1v) is 7.90. The average Bonchev–Trinajstić information content (AvgIpc) is 2.62. The number of hydrogen-bond donors (Lipinski definition) is 0. The van der Waals surface area contributed by atoms with Crippen LogP contribution in [0.2, 0.25) is 0 Å². The second-order valence-electron chi connectivity index (χ2n) is 5.95. The Morgan fingerprint density at radius 2 is 1.65 bits per heavy atom. The van der Waals surface area contributed by atoms with E-state index in [0.717, 1.165) is 48.6 Å². The van der Waals surface area contributed by atoms with E-state index in [9.17, 15) is 0 Å². The van der Waals surface area contributed by atoms with Gasteiger partial charge in [0, 0.05) is 67.3 Å². The molecule has 0 aromatic carbocycles. The molecule has 0 N–H and O–H groups in total. The molecule has 0 radical (unpaired) electrons. The Hall–Kier alpha value is -2.53. The number of aromatic nitrogens is 3. The molecule has 5 nitrogen and oxygen atoms in total. The van der Waals surface area contributed by atoms with Crippen molar-refractivity contribution in [2.24, 2.45) is 0 Å². The molecule has 3 aromatic rings. The molecule has 4 rings (SSSR count). The monoisotopic (exact) mass is 305 g/mol. The molecule has 0 aliphatic carbocycles. The van der Waals surface area contributed by atoms with Gasteiger partial charge >= 0.3 is 0 Å². The number of hydrogen-bond acceptors (Lipinski definition) is 5. The maximum Gasteiger partial charge on any atom is 0.137 e. The summed E-state index contributed by atoms with van der Waals surface area (Å²) in [6, 6.07) is 8.17. The standard InChI is InChI=1S/C18H19N5/c1-22-8-10-23(11-9-22)18-16-4-7-20-13-15(16)12-17(21-18)14-2-5-19-6-3-14/h2-7,12-13H,8-11H2,1H3. The van der Waals surface area contributed by atoms with Crippen molar-refractivity contribution in [2.45, 2.75) is 0 Å². The SMILES string of the molecule is CN1CCN(c2nc(-c3ccncc3)cc3cnccc23)CC1. The fourth-order valence-corrected chi connectivity index (χ4v) is 3.01. The molecule has 0 unspecified atom stereocenters. The first-order chi connectivity index (χ1) is 11.3. The highest BCUT2D eigenvalue weighted by atomic mass is 15.3. The minimum Gasteiger partial charge on any atom is -0.354 e. The van der Waals surface area contributed by atoms with Crippen molar-refractivity contribution in [2.75, 3.05) is 38.1 Å². The number of anilines is 1. The summed E-state index contributed by atoms with van der Waals surface area (Å²) in [7, 11) is 2.17. The van der Waals surface area contributed by atoms with Crippen molar-refractivity contribution in [3.05, 3.63) is 49.1 Å². The second-order valence-corrected chi connectivity index (χ2v) is 5.95. The van der Waals surface area contributed by atoms with Crippen molar-refractivity contribution < 1.29 is 0 Å². The molecular weight excluding hydrogens is 286 g/mol. The molecule has 0 atom stereocenters. The van der Waals surface area contributed by atoms with Crippen LogP contribution in [0.1, 0.15) is 0 Å². The van der Waals surface area contributed by atoms with Gasteiger partial charge < -0.3 is 9.80 Å². The zero-order valence-electron chi connectivity index (χ0n) is 13.2. The molecule has 4 heterocycles. The van der Waals surface area contributed by atoms with Gasteiger partial charge in [-0.05, 0) is 31.3 Å². The van der Waals surface area contributed by atoms with Gasteiger partial charge in [0.1, 0.15) is 5.82 Å². The Labute approximate surface area is 135 Å². The van der Waals surface area contributed by atoms with E-state index in [2.05, 4.69) is 38.9 Å². The summed E-state index contributed by atoms with van der Waals surface area (Å²) in [6.45, 7) is 4.13. The minimum atomic E-state index is 0.974. The largest absolute Gasteiger partial charge is 0.354 e. The number of rotatable bonds is 2. The molecule has 116 valence electrons. The summed E-state index contributed by atoms with van der Waals surface area (Å²) in [5, 5.41) is 2.30. The number of likely N-dealkylation sites (N-methyl/N-ethyl adjacent to an activating group) is 1. The van der Waals surface area contributed by atoms with Gasteiger partial charge in [-0.1, -0.05) is 0 Å². The zero-order valence-corrected chi connectivity index (χ0v) is 13.2. The van der Waals surface area contributed by atoms with Crippen molar-refractivity contribution in [1.29, 1.82) is 0 Å². The van der Waals surface area contributed by atoms with Crippen LogP contribution in [-0.2, 0) is 0 Å². The first-order valence-electron chi connectivity index (χ1n) is 7.90. The van der Waals surface area contributed by atoms with Crippen LogP contribution in [0.15, 0.2) is 49.1 Å². The highest BCUT2D eigenvalue weighted by molar-refractivity contribution is 5.94. The quantitative estimate of drug-likeness (QED) is 0.727. The third kappa shape index (κ3) is 2.75. The van der Waals surface area contributed by atoms with Gasteiger partial charge in [0.2, 0.25) is 0 Å². The normalized spacial score (nSPS) is 16.0. The fourth-order valence-electron chi connectivity index (χ4n) is 3.01. The van der Waals surface area contributed by atoms with Crippen LogP contribution in [-0.4, -0.2) is 53.1 Å². The summed E-state index contributed by atoms with van der Waals surface area (Å²) in [4.78, 5) is 18.1. The third-order valence-electron chi connectivity index (χ3n) is 4.39. The summed E-state index contributed by atoms with van der Waals surface area (Å²) in [6.07, 6.45) is 7.37. The van der Waals surface area contributed by atoms with E-state index in [0.29, 0.717) is 0 Å². The lowest BCUT2D eigenvalue weighted by Crippen LogP contribution is -2.44. The van der Waals surface area contributed by atoms with E-state index < -0.39 is 0 Å². The van der Waals surface area contributed by atoms with Crippen LogP contribution < -0.4 is 4.90 Å². The Bertz CT molecular complexity index is 810. The van der Waals surface area contributed by atoms with Gasteiger partial charge in [-0.25, -0.2) is 4.98 Å². The van der Waals surface area contributed by atoms with Crippen molar-refractivity contribution in [1.82, 2.24) is 19.9 Å². The summed E-state index contributed by atoms with van der Waals surface area (Å²) in [5.74, 6) is 1.06. The van der Waals surface area contributed by atoms with Crippen molar-refractivity contribution >= 4 is 16.6 Å². The molecule has 0 spiro atoms. The van der Waals surface area contributed by atoms with Gasteiger partial charge in [0.25, 0.3) is 0 Å². The van der Waals surface area contributed by atoms with Gasteiger partial charge in [0.15, 0.2) is 0 Å². The molecular formula is C18H19N5. The average molecular weight is 305 g/mol. The number of fused-ring (bicyclic) bond motifs is 1. The van der Waals surface area contributed by atoms with Gasteiger partial charge in [-0.2, -0.15) is 0 Å². The maximum atomic E-state index is 4.97. The van der Waals surface area contributed by atoms with E-state index in [1.807, 2.05) is 24.5 Å². The fraction of sp³-hybridized carbons (Fsp3) is 0.278. The first kappa shape index (κ1) is 14.1. The molecule has 1 aliphatic rings. The lowest BCUT2D eigenvalue weighted by Gasteiger charge is -2.34. The minimum absolute atomic E-state index is 0.974. The summed E-state index contributed by atoms with van der Waals surface area (Å²) in [5.41, 5.74) is 2.06. The van der Waals surface area contributed by atoms with Gasteiger partial charge in [-0.3, -0.25) is 9.97 Å². The van der Waals surface area contributed by atoms with E-state index in [-0.39, 0.29) is 0 Å². The molecule has 3 aromatic heterocycles. The van der Waals surface area contributed by atoms with Gasteiger partial charge in [-0.15, -0.1) is 0 Å². The zero-order chi connectivity index (χ0) is 15.6. The maximum absolute atomic E-state index is 4.97. The highest BCUT2D eigenvalue weighted by Gasteiger charge is 2.18. The van der Waals surface area contributed by atoms with E-state index in [1.54, 1.807) is 12.4 Å². The van der Waals surface area contributed by atoms with Crippen LogP contribution in [0, 0.1) is 0 Å². The highest BCUT2D eigenvalue weighted by Crippen LogP contribution is 2.29. The summed E-state index contributed by atoms with van der Waals surface area (Å²) >= 11 is 0. The van der Waals surface area contributed by atoms with E-state index in [1.165, 1.54) is 5.39 Å². The molecule has 0 saturated carbocycles. The molecule has 5 heteroatoms. The van der Waals surface area contributed by atoms with Crippen molar-refractivity contribution in [3.63, 3.8) is 0 Å². The Balaban J connectivity index is 1.84. The molecule has 0 bridgehead atoms. The number of nitrogens with zero attached hydrogens (tertiary/aromatic N) is 5. The van der Waals surface area contributed by atoms with Crippen LogP contribution in [0.3, 0.4) is 0 Å². The van der Waals surface area contributed by atoms with Crippen LogP contribution in [0.4, 0.5) is 5.82 Å². The van der Waals surface area contributed by atoms with Crippen LogP contribution in [0.25, 0.3) is 22.0 Å². The van der Waals surface area contributed by atoms with Gasteiger partial charge in [0.05, 0.1) is 5.69 Å².